The molecule has 49 heavy (non-hydrogen) atoms. The molecule has 0 aliphatic rings. The molecule has 0 fully saturated rings. The summed E-state index contributed by atoms with van der Waals surface area (Å²) in [6.07, 6.45) is 0. The van der Waals surface area contributed by atoms with Crippen LogP contribution in [0.2, 0.25) is 0 Å². The van der Waals surface area contributed by atoms with Gasteiger partial charge in [0.1, 0.15) is 17.0 Å². The van der Waals surface area contributed by atoms with Crippen molar-refractivity contribution in [2.24, 2.45) is 0 Å². The Morgan fingerprint density at radius 1 is 0.633 bits per heavy atom. The maximum atomic E-state index is 7.95. The van der Waals surface area contributed by atoms with Gasteiger partial charge in [0.25, 0.3) is 0 Å². The van der Waals surface area contributed by atoms with Crippen molar-refractivity contribution < 1.29 is 8.53 Å². The van der Waals surface area contributed by atoms with Gasteiger partial charge in [0.15, 0.2) is 0 Å². The molecule has 238 valence electrons. The fraction of sp³-hybridized carbons (Fsp3) is 0.156. The summed E-state index contributed by atoms with van der Waals surface area (Å²) in [5.74, 6) is 1.31. The van der Waals surface area contributed by atoms with Crippen LogP contribution < -0.4 is 0 Å². The highest BCUT2D eigenvalue weighted by molar-refractivity contribution is 6.16. The van der Waals surface area contributed by atoms with Crippen molar-refractivity contribution >= 4 is 54.6 Å². The predicted octanol–water partition coefficient (Wildman–Crippen LogP) is 12.5. The van der Waals surface area contributed by atoms with E-state index in [2.05, 4.69) is 128 Å². The number of furan rings is 1. The third-order valence-electron chi connectivity index (χ3n) is 9.84. The van der Waals surface area contributed by atoms with Crippen molar-refractivity contribution in [3.63, 3.8) is 0 Å². The van der Waals surface area contributed by atoms with Crippen LogP contribution in [0.4, 0.5) is 0 Å². The van der Waals surface area contributed by atoms with Gasteiger partial charge in [-0.25, -0.2) is 4.98 Å². The minimum atomic E-state index is -2.30. The number of hydrogen-bond acceptors (Lipinski definition) is 3. The zero-order valence-electron chi connectivity index (χ0n) is 31.0. The molecule has 4 nitrogen and oxygen atoms in total. The Balaban J connectivity index is 1.33. The summed E-state index contributed by atoms with van der Waals surface area (Å²) in [6.45, 7) is 6.76. The Hall–Kier alpha value is -5.74. The number of benzene rings is 6. The number of rotatable bonds is 5. The lowest BCUT2D eigenvalue weighted by Gasteiger charge is -2.24. The highest BCUT2D eigenvalue weighted by Gasteiger charge is 2.25. The quantitative estimate of drug-likeness (QED) is 0.176. The molecule has 0 N–H and O–H groups in total. The molecule has 0 saturated carbocycles. The molecular weight excluding hydrogens is 599 g/mol. The summed E-state index contributed by atoms with van der Waals surface area (Å²) in [4.78, 5) is 9.95. The predicted molar refractivity (Wildman–Crippen MR) is 205 cm³/mol. The standard InChI is InChI=1S/C45H37N3O/c1-26(2)35-23-32(29-12-7-6-8-13-29)24-36(27(3)4)43(35)48-40-17-10-9-16-39(40)47-45(48)34-15-11-14-33-38-22-31-21-20-30-19-18-28(5)46-42(30)37(31)25-41(38)49-44(33)34/h6-27H,1-5H3/i5D3. The van der Waals surface area contributed by atoms with E-state index in [1.807, 2.05) is 24.3 Å². The van der Waals surface area contributed by atoms with Crippen LogP contribution in [0.3, 0.4) is 0 Å². The molecule has 6 aromatic carbocycles. The van der Waals surface area contributed by atoms with E-state index in [-0.39, 0.29) is 17.5 Å². The lowest BCUT2D eigenvalue weighted by atomic mass is 9.88. The number of aromatic nitrogens is 3. The van der Waals surface area contributed by atoms with Crippen LogP contribution in [0.15, 0.2) is 126 Å². The zero-order chi connectivity index (χ0) is 35.9. The van der Waals surface area contributed by atoms with Crippen LogP contribution in [0, 0.1) is 6.85 Å². The van der Waals surface area contributed by atoms with E-state index in [9.17, 15) is 0 Å². The summed E-state index contributed by atoms with van der Waals surface area (Å²) >= 11 is 0. The maximum Gasteiger partial charge on any atom is 0.149 e. The second-order valence-electron chi connectivity index (χ2n) is 13.6. The molecule has 9 rings (SSSR count). The zero-order valence-corrected chi connectivity index (χ0v) is 28.0. The normalized spacial score (nSPS) is 13.3. The van der Waals surface area contributed by atoms with E-state index in [1.165, 1.54) is 22.3 Å². The monoisotopic (exact) mass is 638 g/mol. The average molecular weight is 639 g/mol. The van der Waals surface area contributed by atoms with E-state index in [4.69, 9.17) is 13.5 Å². The SMILES string of the molecule is [2H]C([2H])([2H])c1ccc2ccc3cc4c(cc3c2n1)oc1c(-c2nc3ccccc3n2-c2c(C(C)C)cc(-c3ccccc3)cc2C(C)C)cccc14. The highest BCUT2D eigenvalue weighted by Crippen LogP contribution is 2.43. The van der Waals surface area contributed by atoms with Crippen molar-refractivity contribution in [1.29, 1.82) is 0 Å². The first-order valence-corrected chi connectivity index (χ1v) is 17.0. The molecule has 0 spiro atoms. The minimum Gasteiger partial charge on any atom is -0.455 e. The lowest BCUT2D eigenvalue weighted by molar-refractivity contribution is 0.670. The molecule has 0 aliphatic heterocycles. The Bertz CT molecular complexity index is 2820. The van der Waals surface area contributed by atoms with Gasteiger partial charge in [-0.2, -0.15) is 0 Å². The van der Waals surface area contributed by atoms with Crippen molar-refractivity contribution in [3.05, 3.63) is 138 Å². The maximum absolute atomic E-state index is 7.95. The molecule has 0 atom stereocenters. The smallest absolute Gasteiger partial charge is 0.149 e. The van der Waals surface area contributed by atoms with Crippen LogP contribution in [-0.2, 0) is 0 Å². The first-order valence-electron chi connectivity index (χ1n) is 18.5. The van der Waals surface area contributed by atoms with Crippen molar-refractivity contribution in [3.8, 4) is 28.2 Å². The van der Waals surface area contributed by atoms with E-state index in [0.717, 1.165) is 60.6 Å². The number of pyridine rings is 1. The second kappa shape index (κ2) is 11.2. The van der Waals surface area contributed by atoms with Gasteiger partial charge >= 0.3 is 0 Å². The van der Waals surface area contributed by atoms with E-state index in [1.54, 1.807) is 6.07 Å². The molecule has 3 heterocycles. The number of imidazole rings is 1. The topological polar surface area (TPSA) is 43.9 Å². The summed E-state index contributed by atoms with van der Waals surface area (Å²) in [5, 5.41) is 4.68. The summed E-state index contributed by atoms with van der Waals surface area (Å²) < 4.78 is 33.0. The fourth-order valence-electron chi connectivity index (χ4n) is 7.43. The summed E-state index contributed by atoms with van der Waals surface area (Å²) in [5.41, 5.74) is 11.1. The Morgan fingerprint density at radius 2 is 1.37 bits per heavy atom. The third kappa shape index (κ3) is 4.66. The molecular formula is C45H37N3O. The van der Waals surface area contributed by atoms with Gasteiger partial charge in [0.2, 0.25) is 0 Å². The van der Waals surface area contributed by atoms with Crippen LogP contribution in [-0.4, -0.2) is 14.5 Å². The summed E-state index contributed by atoms with van der Waals surface area (Å²) in [7, 11) is 0. The van der Waals surface area contributed by atoms with Gasteiger partial charge in [-0.05, 0) is 94.9 Å². The second-order valence-corrected chi connectivity index (χ2v) is 13.6. The summed E-state index contributed by atoms with van der Waals surface area (Å²) in [6, 6.07) is 41.6. The molecule has 4 heteroatoms. The fourth-order valence-corrected chi connectivity index (χ4v) is 7.43. The molecule has 0 unspecified atom stereocenters. The van der Waals surface area contributed by atoms with Crippen LogP contribution in [0.5, 0.6) is 0 Å². The van der Waals surface area contributed by atoms with Crippen LogP contribution in [0.1, 0.15) is 60.5 Å². The minimum absolute atomic E-state index is 0.0803. The van der Waals surface area contributed by atoms with E-state index >= 15 is 0 Å². The van der Waals surface area contributed by atoms with Gasteiger partial charge in [-0.1, -0.05) is 100 Å². The van der Waals surface area contributed by atoms with Crippen LogP contribution >= 0.6 is 0 Å². The molecule has 0 saturated heterocycles. The van der Waals surface area contributed by atoms with Crippen molar-refractivity contribution in [1.82, 2.24) is 14.5 Å². The number of aryl methyl sites for hydroxylation is 1. The molecule has 0 bridgehead atoms. The highest BCUT2D eigenvalue weighted by atomic mass is 16.3. The van der Waals surface area contributed by atoms with E-state index < -0.39 is 6.85 Å². The third-order valence-corrected chi connectivity index (χ3v) is 9.84. The van der Waals surface area contributed by atoms with Crippen molar-refractivity contribution in [2.45, 2.75) is 46.4 Å². The van der Waals surface area contributed by atoms with Gasteiger partial charge in [0, 0.05) is 31.4 Å². The Morgan fingerprint density at radius 3 is 2.14 bits per heavy atom. The number of para-hydroxylation sites is 3. The molecule has 9 aromatic rings. The molecule has 0 radical (unpaired) electrons. The number of nitrogens with zero attached hydrogens (tertiary/aromatic N) is 3. The van der Waals surface area contributed by atoms with Gasteiger partial charge in [0.05, 0.1) is 27.8 Å². The molecule has 0 aliphatic carbocycles. The van der Waals surface area contributed by atoms with Gasteiger partial charge in [-0.15, -0.1) is 0 Å². The van der Waals surface area contributed by atoms with E-state index in [0.29, 0.717) is 11.1 Å². The average Bonchev–Trinajstić information content (AvgIpc) is 3.71. The van der Waals surface area contributed by atoms with Crippen LogP contribution in [0.25, 0.3) is 82.8 Å². The Kier molecular flexibility index (Phi) is 5.98. The Labute approximate surface area is 289 Å². The largest absolute Gasteiger partial charge is 0.455 e. The van der Waals surface area contributed by atoms with Gasteiger partial charge < -0.3 is 4.42 Å². The number of hydrogen-bond donors (Lipinski definition) is 0. The lowest BCUT2D eigenvalue weighted by Crippen LogP contribution is -2.09. The van der Waals surface area contributed by atoms with Gasteiger partial charge in [-0.3, -0.25) is 9.55 Å². The molecule has 0 amide bonds. The first kappa shape index (κ1) is 26.2. The molecule has 3 aromatic heterocycles. The van der Waals surface area contributed by atoms with Crippen molar-refractivity contribution in [2.75, 3.05) is 0 Å². The number of fused-ring (bicyclic) bond motifs is 7. The first-order chi connectivity index (χ1) is 25.1.